The van der Waals surface area contributed by atoms with Crippen molar-refractivity contribution in [1.29, 1.82) is 0 Å². The molecule has 0 radical (unpaired) electrons. The first kappa shape index (κ1) is 25.5. The van der Waals surface area contributed by atoms with Crippen LogP contribution in [0.15, 0.2) is 79.0 Å². The van der Waals surface area contributed by atoms with E-state index in [1.165, 1.54) is 10.8 Å². The van der Waals surface area contributed by atoms with E-state index in [2.05, 4.69) is 5.32 Å². The van der Waals surface area contributed by atoms with Crippen molar-refractivity contribution in [1.82, 2.24) is 4.57 Å². The molecule has 0 saturated heterocycles. The van der Waals surface area contributed by atoms with Crippen LogP contribution in [0.25, 0.3) is 22.3 Å². The van der Waals surface area contributed by atoms with Gasteiger partial charge in [-0.15, -0.1) is 0 Å². The number of carboxylic acids is 1. The molecule has 1 aliphatic rings. The summed E-state index contributed by atoms with van der Waals surface area (Å²) >= 11 is 6.03. The summed E-state index contributed by atoms with van der Waals surface area (Å²) in [5.74, 6) is -0.996. The minimum atomic E-state index is -0.785. The van der Waals surface area contributed by atoms with Crippen LogP contribution >= 0.6 is 11.6 Å². The lowest BCUT2D eigenvalue weighted by Gasteiger charge is -2.16. The fraction of sp³-hybridized carbons (Fsp3) is 0.200. The van der Waals surface area contributed by atoms with Gasteiger partial charge < -0.3 is 14.4 Å². The Morgan fingerprint density at radius 1 is 1.03 bits per heavy atom. The summed E-state index contributed by atoms with van der Waals surface area (Å²) in [6.45, 7) is 1.73. The number of hydrogen-bond acceptors (Lipinski definition) is 3. The van der Waals surface area contributed by atoms with Gasteiger partial charge in [-0.3, -0.25) is 10.1 Å². The molecule has 1 amide bonds. The van der Waals surface area contributed by atoms with E-state index in [-0.39, 0.29) is 11.4 Å². The van der Waals surface area contributed by atoms with Crippen LogP contribution in [0.4, 0.5) is 15.0 Å². The summed E-state index contributed by atoms with van der Waals surface area (Å²) in [5.41, 5.74) is 3.47. The van der Waals surface area contributed by atoms with E-state index in [4.69, 9.17) is 16.3 Å². The van der Waals surface area contributed by atoms with E-state index in [1.54, 1.807) is 44.3 Å². The van der Waals surface area contributed by atoms with Gasteiger partial charge in [-0.2, -0.15) is 0 Å². The van der Waals surface area contributed by atoms with Crippen LogP contribution in [0.3, 0.4) is 0 Å². The minimum absolute atomic E-state index is 0.249. The minimum Gasteiger partial charge on any atom is -0.481 e. The molecule has 6 nitrogen and oxygen atoms in total. The second-order valence-corrected chi connectivity index (χ2v) is 10.0. The van der Waals surface area contributed by atoms with Crippen LogP contribution in [-0.2, 0) is 22.0 Å². The smallest absolute Gasteiger partial charge is 0.413 e. The number of anilines is 1. The summed E-state index contributed by atoms with van der Waals surface area (Å²) in [7, 11) is 1.64. The van der Waals surface area contributed by atoms with E-state index in [9.17, 15) is 19.1 Å². The molecule has 1 atom stereocenters. The number of hydrogen-bond donors (Lipinski definition) is 2. The third kappa shape index (κ3) is 4.89. The molecule has 8 heteroatoms. The Bertz CT molecular complexity index is 1510. The SMILES string of the molecule is C[C@@H](OC(=O)Nc1c(-c2ccc(-c3ccc(C4(C(=O)O)CC4)cc3)cc2)c(F)cn1C)c1cccc(Cl)c1. The Kier molecular flexibility index (Phi) is 6.71. The molecule has 1 saturated carbocycles. The maximum Gasteiger partial charge on any atom is 0.413 e. The van der Waals surface area contributed by atoms with Gasteiger partial charge in [0.1, 0.15) is 11.9 Å². The number of aliphatic carboxylic acids is 1. The van der Waals surface area contributed by atoms with Crippen molar-refractivity contribution >= 4 is 29.5 Å². The zero-order valence-electron chi connectivity index (χ0n) is 20.9. The summed E-state index contributed by atoms with van der Waals surface area (Å²) < 4.78 is 22.0. The number of benzene rings is 3. The molecule has 4 aromatic rings. The number of rotatable bonds is 7. The third-order valence-corrected chi connectivity index (χ3v) is 7.30. The third-order valence-electron chi connectivity index (χ3n) is 7.06. The fourth-order valence-electron chi connectivity index (χ4n) is 4.69. The molecule has 194 valence electrons. The highest BCUT2D eigenvalue weighted by Gasteiger charge is 2.51. The first-order valence-corrected chi connectivity index (χ1v) is 12.6. The largest absolute Gasteiger partial charge is 0.481 e. The number of carbonyl (C=O) groups is 2. The van der Waals surface area contributed by atoms with E-state index >= 15 is 0 Å². The second kappa shape index (κ2) is 9.99. The van der Waals surface area contributed by atoms with Crippen LogP contribution in [0, 0.1) is 5.82 Å². The second-order valence-electron chi connectivity index (χ2n) is 9.58. The highest BCUT2D eigenvalue weighted by atomic mass is 35.5. The molecule has 0 bridgehead atoms. The maximum atomic E-state index is 15.0. The molecule has 0 spiro atoms. The molecule has 0 unspecified atom stereocenters. The molecule has 1 aliphatic carbocycles. The highest BCUT2D eigenvalue weighted by Crippen LogP contribution is 2.48. The van der Waals surface area contributed by atoms with Crippen molar-refractivity contribution in [2.24, 2.45) is 7.05 Å². The van der Waals surface area contributed by atoms with Gasteiger partial charge >= 0.3 is 12.1 Å². The molecule has 0 aliphatic heterocycles. The van der Waals surface area contributed by atoms with E-state index in [0.29, 0.717) is 23.4 Å². The van der Waals surface area contributed by atoms with Gasteiger partial charge in [-0.1, -0.05) is 72.3 Å². The molecular weight excluding hydrogens is 507 g/mol. The predicted molar refractivity (Wildman–Crippen MR) is 145 cm³/mol. The topological polar surface area (TPSA) is 80.6 Å². The fourth-order valence-corrected chi connectivity index (χ4v) is 4.89. The lowest BCUT2D eigenvalue weighted by Crippen LogP contribution is -2.19. The molecule has 3 aromatic carbocycles. The van der Waals surface area contributed by atoms with Crippen molar-refractivity contribution in [2.45, 2.75) is 31.3 Å². The Labute approximate surface area is 224 Å². The average Bonchev–Trinajstić information content (AvgIpc) is 3.66. The van der Waals surface area contributed by atoms with E-state index in [0.717, 1.165) is 22.3 Å². The number of carboxylic acid groups (broad SMARTS) is 1. The number of nitrogens with one attached hydrogen (secondary N) is 1. The van der Waals surface area contributed by atoms with Crippen molar-refractivity contribution in [3.63, 3.8) is 0 Å². The van der Waals surface area contributed by atoms with Gasteiger partial charge in [0.25, 0.3) is 0 Å². The van der Waals surface area contributed by atoms with Crippen molar-refractivity contribution in [3.8, 4) is 22.3 Å². The van der Waals surface area contributed by atoms with E-state index in [1.807, 2.05) is 42.5 Å². The number of halogens is 2. The Morgan fingerprint density at radius 2 is 1.63 bits per heavy atom. The molecular formula is C30H26ClFN2O4. The molecule has 38 heavy (non-hydrogen) atoms. The monoisotopic (exact) mass is 532 g/mol. The van der Waals surface area contributed by atoms with Crippen LogP contribution in [0.2, 0.25) is 5.02 Å². The van der Waals surface area contributed by atoms with Gasteiger partial charge in [0.05, 0.1) is 11.0 Å². The van der Waals surface area contributed by atoms with E-state index < -0.39 is 29.4 Å². The first-order chi connectivity index (χ1) is 18.2. The molecule has 5 rings (SSSR count). The molecule has 2 N–H and O–H groups in total. The van der Waals surface area contributed by atoms with Crippen LogP contribution in [0.5, 0.6) is 0 Å². The lowest BCUT2D eigenvalue weighted by molar-refractivity contribution is -0.140. The Hall–Kier alpha value is -4.10. The Morgan fingerprint density at radius 3 is 2.21 bits per heavy atom. The average molecular weight is 533 g/mol. The van der Waals surface area contributed by atoms with Crippen molar-refractivity contribution < 1.29 is 23.8 Å². The van der Waals surface area contributed by atoms with Gasteiger partial charge in [0, 0.05) is 18.3 Å². The number of aryl methyl sites for hydroxylation is 1. The van der Waals surface area contributed by atoms with Gasteiger partial charge in [-0.25, -0.2) is 9.18 Å². The number of aromatic nitrogens is 1. The highest BCUT2D eigenvalue weighted by molar-refractivity contribution is 6.30. The zero-order valence-corrected chi connectivity index (χ0v) is 21.6. The van der Waals surface area contributed by atoms with Crippen molar-refractivity contribution in [2.75, 3.05) is 5.32 Å². The summed E-state index contributed by atoms with van der Waals surface area (Å²) in [5, 5.41) is 12.7. The number of nitrogens with zero attached hydrogens (tertiary/aromatic N) is 1. The lowest BCUT2D eigenvalue weighted by atomic mass is 9.93. The number of ether oxygens (including phenoxy) is 1. The normalized spacial score (nSPS) is 14.5. The Balaban J connectivity index is 1.33. The summed E-state index contributed by atoms with van der Waals surface area (Å²) in [6.07, 6.45) is 1.34. The van der Waals surface area contributed by atoms with Gasteiger partial charge in [0.15, 0.2) is 5.82 Å². The van der Waals surface area contributed by atoms with Crippen LogP contribution in [0.1, 0.15) is 37.0 Å². The number of carbonyl (C=O) groups excluding carboxylic acids is 1. The van der Waals surface area contributed by atoms with Crippen molar-refractivity contribution in [3.05, 3.63) is 101 Å². The quantitative estimate of drug-likeness (QED) is 0.257. The molecule has 1 aromatic heterocycles. The maximum absolute atomic E-state index is 15.0. The summed E-state index contributed by atoms with van der Waals surface area (Å²) in [6, 6.07) is 21.9. The number of amides is 1. The standard InChI is InChI=1S/C30H26ClFN2O4/c1-18(22-4-3-5-24(31)16-22)38-29(37)33-27-26(25(32)17-34(27)2)21-8-6-19(7-9-21)20-10-12-23(13-11-20)30(14-15-30)28(35)36/h3-13,16-18H,14-15H2,1-2H3,(H,33,37)(H,35,36)/t18-/m1/s1. The van der Waals surface area contributed by atoms with Crippen LogP contribution in [-0.4, -0.2) is 21.7 Å². The first-order valence-electron chi connectivity index (χ1n) is 12.2. The summed E-state index contributed by atoms with van der Waals surface area (Å²) in [4.78, 5) is 24.3. The predicted octanol–water partition coefficient (Wildman–Crippen LogP) is 7.58. The molecule has 1 fully saturated rings. The molecule has 1 heterocycles. The van der Waals surface area contributed by atoms with Gasteiger partial charge in [0.2, 0.25) is 0 Å². The van der Waals surface area contributed by atoms with Crippen LogP contribution < -0.4 is 5.32 Å². The van der Waals surface area contributed by atoms with Gasteiger partial charge in [-0.05, 0) is 59.7 Å². The zero-order chi connectivity index (χ0) is 27.0.